The Kier molecular flexibility index (Phi) is 1.76. The molecule has 1 saturated carbocycles. The maximum absolute atomic E-state index is 4.66. The minimum atomic E-state index is 0.143. The van der Waals surface area contributed by atoms with E-state index in [1.807, 2.05) is 19.2 Å². The fourth-order valence-corrected chi connectivity index (χ4v) is 1.98. The Hall–Kier alpha value is -1.48. The van der Waals surface area contributed by atoms with Crippen LogP contribution >= 0.6 is 0 Å². The number of rotatable bonds is 2. The molecule has 0 aliphatic heterocycles. The Morgan fingerprint density at radius 2 is 2.07 bits per heavy atom. The van der Waals surface area contributed by atoms with Crippen molar-refractivity contribution >= 4 is 11.0 Å². The van der Waals surface area contributed by atoms with Gasteiger partial charge in [-0.15, -0.1) is 0 Å². The van der Waals surface area contributed by atoms with Gasteiger partial charge in [0.05, 0.1) is 22.3 Å². The van der Waals surface area contributed by atoms with Crippen molar-refractivity contribution < 1.29 is 0 Å². The van der Waals surface area contributed by atoms with Gasteiger partial charge >= 0.3 is 0 Å². The molecule has 0 radical (unpaired) electrons. The summed E-state index contributed by atoms with van der Waals surface area (Å²) in [6.45, 7) is 0. The predicted octanol–water partition coefficient (Wildman–Crippen LogP) is 1.84. The fraction of sp³-hybridized carbons (Fsp3) is 0.333. The van der Waals surface area contributed by atoms with Gasteiger partial charge in [-0.1, -0.05) is 0 Å². The van der Waals surface area contributed by atoms with E-state index in [2.05, 4.69) is 27.4 Å². The Bertz CT molecular complexity index is 503. The predicted molar refractivity (Wildman–Crippen MR) is 59.5 cm³/mol. The van der Waals surface area contributed by atoms with Crippen LogP contribution in [0.3, 0.4) is 0 Å². The van der Waals surface area contributed by atoms with Crippen LogP contribution in [0.1, 0.15) is 18.5 Å². The Morgan fingerprint density at radius 3 is 2.80 bits per heavy atom. The van der Waals surface area contributed by atoms with Gasteiger partial charge in [-0.3, -0.25) is 4.98 Å². The molecule has 1 fully saturated rings. The first-order chi connectivity index (χ1) is 7.34. The summed E-state index contributed by atoms with van der Waals surface area (Å²) < 4.78 is 0. The van der Waals surface area contributed by atoms with Gasteiger partial charge in [0.2, 0.25) is 0 Å². The summed E-state index contributed by atoms with van der Waals surface area (Å²) in [5.74, 6) is 0. The molecule has 0 amide bonds. The molecule has 3 nitrogen and oxygen atoms in total. The smallest absolute Gasteiger partial charge is 0.0890 e. The molecule has 3 rings (SSSR count). The van der Waals surface area contributed by atoms with E-state index < -0.39 is 0 Å². The molecule has 2 aromatic heterocycles. The van der Waals surface area contributed by atoms with Gasteiger partial charge in [0.25, 0.3) is 0 Å². The van der Waals surface area contributed by atoms with Gasteiger partial charge in [-0.05, 0) is 44.2 Å². The first kappa shape index (κ1) is 8.80. The van der Waals surface area contributed by atoms with E-state index in [-0.39, 0.29) is 5.54 Å². The second-order valence-corrected chi connectivity index (χ2v) is 4.07. The molecule has 0 bridgehead atoms. The highest BCUT2D eigenvalue weighted by Crippen LogP contribution is 2.44. The Balaban J connectivity index is 2.14. The Labute approximate surface area is 88.6 Å². The molecule has 76 valence electrons. The van der Waals surface area contributed by atoms with E-state index >= 15 is 0 Å². The largest absolute Gasteiger partial charge is 0.309 e. The summed E-state index contributed by atoms with van der Waals surface area (Å²) in [5.41, 5.74) is 3.24. The van der Waals surface area contributed by atoms with E-state index in [1.165, 1.54) is 12.8 Å². The summed E-state index contributed by atoms with van der Waals surface area (Å²) in [6.07, 6.45) is 4.17. The molecule has 15 heavy (non-hydrogen) atoms. The van der Waals surface area contributed by atoms with Crippen molar-refractivity contribution in [1.82, 2.24) is 15.3 Å². The maximum atomic E-state index is 4.66. The molecular formula is C12H13N3. The van der Waals surface area contributed by atoms with Gasteiger partial charge in [0, 0.05) is 6.20 Å². The first-order valence-corrected chi connectivity index (χ1v) is 5.25. The minimum Gasteiger partial charge on any atom is -0.309 e. The van der Waals surface area contributed by atoms with Crippen LogP contribution in [0, 0.1) is 0 Å². The lowest BCUT2D eigenvalue weighted by molar-refractivity contribution is 0.570. The fourth-order valence-electron chi connectivity index (χ4n) is 1.98. The molecule has 0 spiro atoms. The van der Waals surface area contributed by atoms with E-state index in [0.717, 1.165) is 16.7 Å². The monoisotopic (exact) mass is 199 g/mol. The number of aromatic nitrogens is 2. The van der Waals surface area contributed by atoms with Gasteiger partial charge < -0.3 is 5.32 Å². The SMILES string of the molecule is CNC1(c2ccc3ncccc3n2)CC1. The number of nitrogens with one attached hydrogen (secondary N) is 1. The lowest BCUT2D eigenvalue weighted by Gasteiger charge is -2.13. The first-order valence-electron chi connectivity index (χ1n) is 5.25. The van der Waals surface area contributed by atoms with Gasteiger partial charge in [-0.2, -0.15) is 0 Å². The van der Waals surface area contributed by atoms with Crippen molar-refractivity contribution in [2.24, 2.45) is 0 Å². The zero-order chi connectivity index (χ0) is 10.3. The Morgan fingerprint density at radius 1 is 1.20 bits per heavy atom. The third kappa shape index (κ3) is 1.31. The summed E-state index contributed by atoms with van der Waals surface area (Å²) in [7, 11) is 2.00. The van der Waals surface area contributed by atoms with E-state index in [0.29, 0.717) is 0 Å². The molecule has 2 heterocycles. The van der Waals surface area contributed by atoms with E-state index in [4.69, 9.17) is 0 Å². The van der Waals surface area contributed by atoms with Gasteiger partial charge in [0.1, 0.15) is 0 Å². The molecule has 0 atom stereocenters. The van der Waals surface area contributed by atoms with Crippen molar-refractivity contribution in [3.8, 4) is 0 Å². The van der Waals surface area contributed by atoms with E-state index in [9.17, 15) is 0 Å². The molecule has 0 aromatic carbocycles. The average Bonchev–Trinajstić information content (AvgIpc) is 3.09. The lowest BCUT2D eigenvalue weighted by Crippen LogP contribution is -2.25. The van der Waals surface area contributed by atoms with Crippen LogP contribution in [0.2, 0.25) is 0 Å². The molecule has 3 heteroatoms. The third-order valence-corrected chi connectivity index (χ3v) is 3.18. The number of hydrogen-bond donors (Lipinski definition) is 1. The minimum absolute atomic E-state index is 0.143. The molecule has 1 aliphatic carbocycles. The van der Waals surface area contributed by atoms with Crippen LogP contribution in [0.4, 0.5) is 0 Å². The van der Waals surface area contributed by atoms with Crippen molar-refractivity contribution in [3.05, 3.63) is 36.2 Å². The topological polar surface area (TPSA) is 37.8 Å². The van der Waals surface area contributed by atoms with Crippen molar-refractivity contribution in [2.75, 3.05) is 7.05 Å². The van der Waals surface area contributed by atoms with Crippen LogP contribution in [0.25, 0.3) is 11.0 Å². The van der Waals surface area contributed by atoms with Crippen molar-refractivity contribution in [1.29, 1.82) is 0 Å². The number of pyridine rings is 2. The highest BCUT2D eigenvalue weighted by molar-refractivity contribution is 5.73. The standard InChI is InChI=1S/C12H13N3/c1-13-12(6-7-12)11-5-4-9-10(15-11)3-2-8-14-9/h2-5,8,13H,6-7H2,1H3. The zero-order valence-electron chi connectivity index (χ0n) is 8.70. The summed E-state index contributed by atoms with van der Waals surface area (Å²) in [6, 6.07) is 8.07. The number of nitrogens with zero attached hydrogens (tertiary/aromatic N) is 2. The quantitative estimate of drug-likeness (QED) is 0.802. The number of fused-ring (bicyclic) bond motifs is 1. The summed E-state index contributed by atoms with van der Waals surface area (Å²) in [4.78, 5) is 8.92. The molecule has 0 unspecified atom stereocenters. The summed E-state index contributed by atoms with van der Waals surface area (Å²) >= 11 is 0. The normalized spacial score (nSPS) is 17.9. The molecule has 1 aliphatic rings. The average molecular weight is 199 g/mol. The second kappa shape index (κ2) is 3.00. The van der Waals surface area contributed by atoms with Crippen LogP contribution in [0.15, 0.2) is 30.5 Å². The van der Waals surface area contributed by atoms with Crippen LogP contribution < -0.4 is 5.32 Å². The molecule has 0 saturated heterocycles. The number of hydrogen-bond acceptors (Lipinski definition) is 3. The van der Waals surface area contributed by atoms with Crippen LogP contribution in [0.5, 0.6) is 0 Å². The van der Waals surface area contributed by atoms with Crippen LogP contribution in [-0.2, 0) is 5.54 Å². The zero-order valence-corrected chi connectivity index (χ0v) is 8.70. The maximum Gasteiger partial charge on any atom is 0.0890 e. The van der Waals surface area contributed by atoms with Gasteiger partial charge in [0.15, 0.2) is 0 Å². The van der Waals surface area contributed by atoms with E-state index in [1.54, 1.807) is 6.20 Å². The highest BCUT2D eigenvalue weighted by Gasteiger charge is 2.44. The van der Waals surface area contributed by atoms with Gasteiger partial charge in [-0.25, -0.2) is 4.98 Å². The molecular weight excluding hydrogens is 186 g/mol. The molecule has 1 N–H and O–H groups in total. The van der Waals surface area contributed by atoms with Crippen molar-refractivity contribution in [2.45, 2.75) is 18.4 Å². The summed E-state index contributed by atoms with van der Waals surface area (Å²) in [5, 5.41) is 3.35. The lowest BCUT2D eigenvalue weighted by atomic mass is 10.1. The highest BCUT2D eigenvalue weighted by atomic mass is 15.0. The van der Waals surface area contributed by atoms with Crippen molar-refractivity contribution in [3.63, 3.8) is 0 Å². The molecule has 2 aromatic rings. The van der Waals surface area contributed by atoms with Crippen LogP contribution in [-0.4, -0.2) is 17.0 Å². The third-order valence-electron chi connectivity index (χ3n) is 3.18. The second-order valence-electron chi connectivity index (χ2n) is 4.07.